The van der Waals surface area contributed by atoms with Crippen LogP contribution in [0.15, 0.2) is 6.07 Å². The zero-order valence-electron chi connectivity index (χ0n) is 10.4. The normalized spacial score (nSPS) is 11.1. The molecular formula is C11H9Cl3N4O2. The molecule has 0 bridgehead atoms. The molecule has 2 aromatic rings. The third kappa shape index (κ3) is 2.72. The molecule has 0 aliphatic heterocycles. The van der Waals surface area contributed by atoms with Gasteiger partial charge in [0, 0.05) is 6.04 Å². The van der Waals surface area contributed by atoms with Gasteiger partial charge in [-0.3, -0.25) is 10.1 Å². The summed E-state index contributed by atoms with van der Waals surface area (Å²) >= 11 is 17.7. The minimum atomic E-state index is -0.641. The van der Waals surface area contributed by atoms with Crippen LogP contribution in [0.4, 0.5) is 11.5 Å². The summed E-state index contributed by atoms with van der Waals surface area (Å²) in [4.78, 5) is 18.7. The molecule has 1 heterocycles. The number of benzene rings is 1. The van der Waals surface area contributed by atoms with Crippen molar-refractivity contribution in [1.82, 2.24) is 9.97 Å². The molecule has 1 N–H and O–H groups in total. The Hall–Kier alpha value is -1.37. The topological polar surface area (TPSA) is 81.0 Å². The van der Waals surface area contributed by atoms with E-state index in [2.05, 4.69) is 15.3 Å². The summed E-state index contributed by atoms with van der Waals surface area (Å²) in [5, 5.41) is 14.1. The van der Waals surface area contributed by atoms with Gasteiger partial charge in [0.1, 0.15) is 5.02 Å². The standard InChI is InChI=1S/C11H9Cl3N4O2/c1-4(2)15-11-10(14)16-6-3-5(12)7(13)9(18(19)20)8(6)17-11/h3-4H,1-2H3,(H,15,17). The summed E-state index contributed by atoms with van der Waals surface area (Å²) in [6.07, 6.45) is 0. The molecule has 1 aromatic heterocycles. The number of aromatic nitrogens is 2. The van der Waals surface area contributed by atoms with Gasteiger partial charge in [0.25, 0.3) is 0 Å². The Labute approximate surface area is 129 Å². The number of rotatable bonds is 3. The molecule has 0 fully saturated rings. The van der Waals surface area contributed by atoms with Crippen molar-refractivity contribution in [2.45, 2.75) is 19.9 Å². The second kappa shape index (κ2) is 5.55. The van der Waals surface area contributed by atoms with E-state index in [1.165, 1.54) is 6.07 Å². The van der Waals surface area contributed by atoms with Gasteiger partial charge in [0.15, 0.2) is 16.5 Å². The highest BCUT2D eigenvalue weighted by atomic mass is 35.5. The summed E-state index contributed by atoms with van der Waals surface area (Å²) in [7, 11) is 0. The summed E-state index contributed by atoms with van der Waals surface area (Å²) < 4.78 is 0. The fourth-order valence-electron chi connectivity index (χ4n) is 1.63. The van der Waals surface area contributed by atoms with E-state index < -0.39 is 4.92 Å². The lowest BCUT2D eigenvalue weighted by molar-refractivity contribution is -0.383. The van der Waals surface area contributed by atoms with E-state index in [0.29, 0.717) is 0 Å². The van der Waals surface area contributed by atoms with Crippen molar-refractivity contribution in [3.8, 4) is 0 Å². The van der Waals surface area contributed by atoms with Crippen LogP contribution in [0.2, 0.25) is 15.2 Å². The van der Waals surface area contributed by atoms with Crippen LogP contribution in [-0.4, -0.2) is 20.9 Å². The highest BCUT2D eigenvalue weighted by Gasteiger charge is 2.24. The van der Waals surface area contributed by atoms with Crippen molar-refractivity contribution >= 4 is 57.3 Å². The Morgan fingerprint density at radius 2 is 1.95 bits per heavy atom. The molecule has 20 heavy (non-hydrogen) atoms. The maximum Gasteiger partial charge on any atom is 0.317 e. The van der Waals surface area contributed by atoms with Crippen LogP contribution in [0.5, 0.6) is 0 Å². The second-order valence-corrected chi connectivity index (χ2v) is 5.45. The quantitative estimate of drug-likeness (QED) is 0.667. The van der Waals surface area contributed by atoms with Crippen molar-refractivity contribution in [1.29, 1.82) is 0 Å². The Morgan fingerprint density at radius 3 is 2.50 bits per heavy atom. The number of halogens is 3. The van der Waals surface area contributed by atoms with Crippen molar-refractivity contribution in [2.24, 2.45) is 0 Å². The molecule has 0 saturated carbocycles. The molecule has 106 valence electrons. The van der Waals surface area contributed by atoms with Crippen LogP contribution >= 0.6 is 34.8 Å². The lowest BCUT2D eigenvalue weighted by Crippen LogP contribution is -2.12. The molecule has 1 aromatic carbocycles. The van der Waals surface area contributed by atoms with E-state index in [1.54, 1.807) is 0 Å². The van der Waals surface area contributed by atoms with Crippen molar-refractivity contribution in [2.75, 3.05) is 5.32 Å². The first-order chi connectivity index (χ1) is 9.31. The van der Waals surface area contributed by atoms with Crippen LogP contribution in [0.3, 0.4) is 0 Å². The Morgan fingerprint density at radius 1 is 1.30 bits per heavy atom. The molecular weight excluding hydrogens is 327 g/mol. The summed E-state index contributed by atoms with van der Waals surface area (Å²) in [5.41, 5.74) is -0.132. The molecule has 6 nitrogen and oxygen atoms in total. The van der Waals surface area contributed by atoms with Crippen LogP contribution in [0.1, 0.15) is 13.8 Å². The van der Waals surface area contributed by atoms with Gasteiger partial charge in [0.2, 0.25) is 0 Å². The van der Waals surface area contributed by atoms with Crippen molar-refractivity contribution in [3.63, 3.8) is 0 Å². The molecule has 0 spiro atoms. The van der Waals surface area contributed by atoms with Gasteiger partial charge in [-0.15, -0.1) is 0 Å². The molecule has 0 aliphatic rings. The van der Waals surface area contributed by atoms with Gasteiger partial charge in [0.05, 0.1) is 15.5 Å². The minimum Gasteiger partial charge on any atom is -0.365 e. The molecule has 0 saturated heterocycles. The average molecular weight is 336 g/mol. The third-order valence-electron chi connectivity index (χ3n) is 2.39. The highest BCUT2D eigenvalue weighted by molar-refractivity contribution is 6.44. The minimum absolute atomic E-state index is 0.0285. The lowest BCUT2D eigenvalue weighted by atomic mass is 10.2. The van der Waals surface area contributed by atoms with Gasteiger partial charge in [-0.2, -0.15) is 0 Å². The van der Waals surface area contributed by atoms with E-state index >= 15 is 0 Å². The van der Waals surface area contributed by atoms with E-state index in [1.807, 2.05) is 13.8 Å². The van der Waals surface area contributed by atoms with Crippen molar-refractivity contribution in [3.05, 3.63) is 31.4 Å². The molecule has 0 amide bonds. The van der Waals surface area contributed by atoms with E-state index in [4.69, 9.17) is 34.8 Å². The predicted molar refractivity (Wildman–Crippen MR) is 80.0 cm³/mol. The maximum atomic E-state index is 11.1. The molecule has 0 unspecified atom stereocenters. The fourth-order valence-corrected chi connectivity index (χ4v) is 2.23. The zero-order chi connectivity index (χ0) is 15.0. The molecule has 9 heteroatoms. The monoisotopic (exact) mass is 334 g/mol. The molecule has 0 radical (unpaired) electrons. The maximum absolute atomic E-state index is 11.1. The molecule has 0 aliphatic carbocycles. The number of nitro benzene ring substituents is 1. The summed E-state index contributed by atoms with van der Waals surface area (Å²) in [5.74, 6) is 0.260. The summed E-state index contributed by atoms with van der Waals surface area (Å²) in [6.45, 7) is 3.76. The number of hydrogen-bond acceptors (Lipinski definition) is 5. The number of nitrogens with one attached hydrogen (secondary N) is 1. The average Bonchev–Trinajstić information content (AvgIpc) is 2.32. The van der Waals surface area contributed by atoms with Gasteiger partial charge >= 0.3 is 5.69 Å². The Bertz CT molecular complexity index is 706. The summed E-state index contributed by atoms with van der Waals surface area (Å²) in [6, 6.07) is 1.44. The first-order valence-electron chi connectivity index (χ1n) is 5.57. The molecule has 2 rings (SSSR count). The van der Waals surface area contributed by atoms with Crippen molar-refractivity contribution < 1.29 is 4.92 Å². The third-order valence-corrected chi connectivity index (χ3v) is 3.43. The number of nitro groups is 1. The van der Waals surface area contributed by atoms with Crippen LogP contribution < -0.4 is 5.32 Å². The SMILES string of the molecule is CC(C)Nc1nc2c([N+](=O)[O-])c(Cl)c(Cl)cc2nc1Cl. The number of nitrogens with zero attached hydrogens (tertiary/aromatic N) is 3. The smallest absolute Gasteiger partial charge is 0.317 e. The van der Waals surface area contributed by atoms with Crippen LogP contribution in [0, 0.1) is 10.1 Å². The van der Waals surface area contributed by atoms with Gasteiger partial charge in [-0.05, 0) is 19.9 Å². The van der Waals surface area contributed by atoms with Gasteiger partial charge in [-0.25, -0.2) is 9.97 Å². The number of fused-ring (bicyclic) bond motifs is 1. The Kier molecular flexibility index (Phi) is 4.17. The van der Waals surface area contributed by atoms with Crippen LogP contribution in [-0.2, 0) is 0 Å². The largest absolute Gasteiger partial charge is 0.365 e. The fraction of sp³-hybridized carbons (Fsp3) is 0.273. The first-order valence-corrected chi connectivity index (χ1v) is 6.70. The predicted octanol–water partition coefficient (Wildman–Crippen LogP) is 4.32. The van der Waals surface area contributed by atoms with E-state index in [-0.39, 0.29) is 43.8 Å². The van der Waals surface area contributed by atoms with E-state index in [9.17, 15) is 10.1 Å². The van der Waals surface area contributed by atoms with E-state index in [0.717, 1.165) is 0 Å². The number of hydrogen-bond donors (Lipinski definition) is 1. The molecule has 0 atom stereocenters. The van der Waals surface area contributed by atoms with Gasteiger partial charge < -0.3 is 5.32 Å². The second-order valence-electron chi connectivity index (χ2n) is 4.31. The lowest BCUT2D eigenvalue weighted by Gasteiger charge is -2.11. The highest BCUT2D eigenvalue weighted by Crippen LogP contribution is 2.38. The van der Waals surface area contributed by atoms with Gasteiger partial charge in [-0.1, -0.05) is 34.8 Å². The first kappa shape index (κ1) is 15.0. The van der Waals surface area contributed by atoms with Crippen LogP contribution in [0.25, 0.3) is 11.0 Å². The zero-order valence-corrected chi connectivity index (χ0v) is 12.7. The number of anilines is 1. The Balaban J connectivity index is 2.80.